The molecule has 5 aromatic rings. The first-order valence-electron chi connectivity index (χ1n) is 9.37. The number of hydrogen-bond acceptors (Lipinski definition) is 4. The summed E-state index contributed by atoms with van der Waals surface area (Å²) >= 11 is 6.32. The zero-order valence-electron chi connectivity index (χ0n) is 16.0. The van der Waals surface area contributed by atoms with Gasteiger partial charge in [0.15, 0.2) is 11.6 Å². The fourth-order valence-corrected chi connectivity index (χ4v) is 3.91. The van der Waals surface area contributed by atoms with E-state index in [2.05, 4.69) is 51.4 Å². The van der Waals surface area contributed by atoms with Crippen LogP contribution in [-0.2, 0) is 0 Å². The van der Waals surface area contributed by atoms with Crippen molar-refractivity contribution in [1.82, 2.24) is 19.9 Å². The van der Waals surface area contributed by atoms with Crippen molar-refractivity contribution in [3.63, 3.8) is 0 Å². The van der Waals surface area contributed by atoms with Gasteiger partial charge in [0.25, 0.3) is 0 Å². The largest absolute Gasteiger partial charge is 0.258 e. The molecule has 0 saturated carbocycles. The molecule has 2 aromatic heterocycles. The number of nitrogens with zero attached hydrogens (tertiary/aromatic N) is 4. The van der Waals surface area contributed by atoms with Crippen LogP contribution in [0.15, 0.2) is 66.7 Å². The van der Waals surface area contributed by atoms with Crippen molar-refractivity contribution < 1.29 is 0 Å². The van der Waals surface area contributed by atoms with Crippen LogP contribution in [0.3, 0.4) is 0 Å². The first-order chi connectivity index (χ1) is 14.1. The molecule has 0 saturated heterocycles. The second-order valence-electron chi connectivity index (χ2n) is 7.03. The van der Waals surface area contributed by atoms with Crippen LogP contribution in [-0.4, -0.2) is 19.9 Å². The molecule has 5 rings (SSSR count). The molecule has 3 aromatic carbocycles. The summed E-state index contributed by atoms with van der Waals surface area (Å²) in [5.74, 6) is 1.09. The van der Waals surface area contributed by atoms with Gasteiger partial charge in [0.1, 0.15) is 0 Å². The summed E-state index contributed by atoms with van der Waals surface area (Å²) in [5.41, 5.74) is 3.60. The quantitative estimate of drug-likeness (QED) is 0.334. The number of halogens is 1. The molecule has 2 heterocycles. The molecule has 0 atom stereocenters. The second kappa shape index (κ2) is 6.90. The number of fused-ring (bicyclic) bond motifs is 3. The first-order valence-corrected chi connectivity index (χ1v) is 9.75. The topological polar surface area (TPSA) is 51.6 Å². The molecule has 0 amide bonds. The van der Waals surface area contributed by atoms with Gasteiger partial charge in [-0.05, 0) is 65.2 Å². The molecule has 0 unspecified atom stereocenters. The van der Waals surface area contributed by atoms with Crippen molar-refractivity contribution in [1.29, 1.82) is 0 Å². The summed E-state index contributed by atoms with van der Waals surface area (Å²) in [6.07, 6.45) is 0. The Morgan fingerprint density at radius 2 is 1.28 bits per heavy atom. The Morgan fingerprint density at radius 3 is 2.03 bits per heavy atom. The van der Waals surface area contributed by atoms with Crippen molar-refractivity contribution in [2.45, 2.75) is 13.8 Å². The highest BCUT2D eigenvalue weighted by atomic mass is 35.5. The summed E-state index contributed by atoms with van der Waals surface area (Å²) in [7, 11) is 0. The molecular weight excluding hydrogens is 380 g/mol. The van der Waals surface area contributed by atoms with Crippen LogP contribution in [0.25, 0.3) is 44.3 Å². The van der Waals surface area contributed by atoms with E-state index in [1.54, 1.807) is 0 Å². The number of hydrogen-bond donors (Lipinski definition) is 0. The number of aromatic nitrogens is 4. The van der Waals surface area contributed by atoms with E-state index in [9.17, 15) is 0 Å². The Bertz CT molecular complexity index is 1390. The monoisotopic (exact) mass is 396 g/mol. The van der Waals surface area contributed by atoms with Crippen LogP contribution in [0.4, 0.5) is 0 Å². The van der Waals surface area contributed by atoms with Gasteiger partial charge in [-0.1, -0.05) is 48.5 Å². The van der Waals surface area contributed by atoms with Gasteiger partial charge in [-0.2, -0.15) is 9.97 Å². The van der Waals surface area contributed by atoms with Crippen molar-refractivity contribution >= 4 is 33.1 Å². The molecule has 0 radical (unpaired) electrons. The number of rotatable bonds is 2. The van der Waals surface area contributed by atoms with Crippen LogP contribution >= 0.6 is 11.6 Å². The molecule has 0 aliphatic heterocycles. The standard InChI is InChI=1S/C24H17ClN4/c1-14-11-12-17(15(2)26-14)22-27-23(29-24(25)28-22)21-13-16-7-3-4-8-18(16)19-9-5-6-10-20(19)21/h3-13H,1-2H3. The molecule has 0 bridgehead atoms. The van der Waals surface area contributed by atoms with E-state index in [0.717, 1.165) is 38.7 Å². The zero-order chi connectivity index (χ0) is 20.0. The maximum atomic E-state index is 6.32. The highest BCUT2D eigenvalue weighted by Crippen LogP contribution is 2.34. The summed E-state index contributed by atoms with van der Waals surface area (Å²) < 4.78 is 0. The third-order valence-electron chi connectivity index (χ3n) is 5.08. The molecule has 0 N–H and O–H groups in total. The van der Waals surface area contributed by atoms with Crippen LogP contribution in [0.5, 0.6) is 0 Å². The van der Waals surface area contributed by atoms with E-state index in [-0.39, 0.29) is 5.28 Å². The maximum absolute atomic E-state index is 6.32. The smallest absolute Gasteiger partial charge is 0.226 e. The van der Waals surface area contributed by atoms with E-state index >= 15 is 0 Å². The average Bonchev–Trinajstić information content (AvgIpc) is 2.72. The SMILES string of the molecule is Cc1ccc(-c2nc(Cl)nc(-c3cc4ccccc4c4ccccc34)n2)c(C)n1. The van der Waals surface area contributed by atoms with Crippen molar-refractivity contribution in [2.24, 2.45) is 0 Å². The van der Waals surface area contributed by atoms with E-state index in [0.29, 0.717) is 11.6 Å². The van der Waals surface area contributed by atoms with Gasteiger partial charge in [0.05, 0.1) is 0 Å². The number of pyridine rings is 1. The Labute approximate surface area is 173 Å². The maximum Gasteiger partial charge on any atom is 0.226 e. The predicted octanol–water partition coefficient (Wildman–Crippen LogP) is 6.18. The van der Waals surface area contributed by atoms with Gasteiger partial charge in [-0.25, -0.2) is 4.98 Å². The van der Waals surface area contributed by atoms with E-state index in [4.69, 9.17) is 16.6 Å². The van der Waals surface area contributed by atoms with E-state index in [1.807, 2.05) is 44.2 Å². The van der Waals surface area contributed by atoms with Crippen LogP contribution in [0.1, 0.15) is 11.4 Å². The zero-order valence-corrected chi connectivity index (χ0v) is 16.8. The van der Waals surface area contributed by atoms with Crippen molar-refractivity contribution in [3.05, 3.63) is 83.4 Å². The highest BCUT2D eigenvalue weighted by Gasteiger charge is 2.15. The van der Waals surface area contributed by atoms with Crippen LogP contribution in [0, 0.1) is 13.8 Å². The van der Waals surface area contributed by atoms with Crippen LogP contribution < -0.4 is 0 Å². The lowest BCUT2D eigenvalue weighted by molar-refractivity contribution is 1.05. The Balaban J connectivity index is 1.80. The Kier molecular flexibility index (Phi) is 4.22. The van der Waals surface area contributed by atoms with Gasteiger partial charge in [-0.3, -0.25) is 4.98 Å². The van der Waals surface area contributed by atoms with E-state index in [1.165, 1.54) is 5.39 Å². The van der Waals surface area contributed by atoms with Gasteiger partial charge in [0, 0.05) is 22.5 Å². The molecular formula is C24H17ClN4. The second-order valence-corrected chi connectivity index (χ2v) is 7.37. The summed E-state index contributed by atoms with van der Waals surface area (Å²) in [6.45, 7) is 3.91. The molecule has 0 aliphatic rings. The minimum absolute atomic E-state index is 0.169. The van der Waals surface area contributed by atoms with E-state index < -0.39 is 0 Å². The predicted molar refractivity (Wildman–Crippen MR) is 118 cm³/mol. The molecule has 0 spiro atoms. The first kappa shape index (κ1) is 17.7. The number of aryl methyl sites for hydroxylation is 2. The third-order valence-corrected chi connectivity index (χ3v) is 5.25. The minimum Gasteiger partial charge on any atom is -0.258 e. The molecule has 5 heteroatoms. The van der Waals surface area contributed by atoms with Crippen molar-refractivity contribution in [2.75, 3.05) is 0 Å². The molecule has 140 valence electrons. The van der Waals surface area contributed by atoms with Gasteiger partial charge < -0.3 is 0 Å². The number of benzene rings is 3. The normalized spacial score (nSPS) is 11.3. The molecule has 0 fully saturated rings. The molecule has 0 aliphatic carbocycles. The third kappa shape index (κ3) is 3.12. The summed E-state index contributed by atoms with van der Waals surface area (Å²) in [5, 5.41) is 4.74. The highest BCUT2D eigenvalue weighted by molar-refractivity contribution is 6.28. The minimum atomic E-state index is 0.169. The lowest BCUT2D eigenvalue weighted by Crippen LogP contribution is -2.00. The Hall–Kier alpha value is -3.37. The average molecular weight is 397 g/mol. The Morgan fingerprint density at radius 1 is 0.621 bits per heavy atom. The summed E-state index contributed by atoms with van der Waals surface area (Å²) in [6, 6.07) is 22.7. The molecule has 4 nitrogen and oxygen atoms in total. The van der Waals surface area contributed by atoms with Crippen LogP contribution in [0.2, 0.25) is 5.28 Å². The fraction of sp³-hybridized carbons (Fsp3) is 0.0833. The summed E-state index contributed by atoms with van der Waals surface area (Å²) in [4.78, 5) is 18.1. The van der Waals surface area contributed by atoms with Gasteiger partial charge >= 0.3 is 0 Å². The van der Waals surface area contributed by atoms with Crippen molar-refractivity contribution in [3.8, 4) is 22.8 Å². The fourth-order valence-electron chi connectivity index (χ4n) is 3.75. The van der Waals surface area contributed by atoms with Gasteiger partial charge in [0.2, 0.25) is 5.28 Å². The lowest BCUT2D eigenvalue weighted by atomic mass is 9.97. The lowest BCUT2D eigenvalue weighted by Gasteiger charge is -2.11. The molecule has 29 heavy (non-hydrogen) atoms. The van der Waals surface area contributed by atoms with Gasteiger partial charge in [-0.15, -0.1) is 0 Å².